The van der Waals surface area contributed by atoms with Crippen molar-refractivity contribution < 1.29 is 9.84 Å². The quantitative estimate of drug-likeness (QED) is 0.549. The average molecular weight is 304 g/mol. The summed E-state index contributed by atoms with van der Waals surface area (Å²) < 4.78 is 5.62. The fourth-order valence-electron chi connectivity index (χ4n) is 1.75. The summed E-state index contributed by atoms with van der Waals surface area (Å²) in [6.07, 6.45) is 2.59. The molecule has 0 spiro atoms. The number of anilines is 2. The van der Waals surface area contributed by atoms with Crippen LogP contribution in [0.4, 0.5) is 10.8 Å². The Morgan fingerprint density at radius 1 is 1.38 bits per heavy atom. The van der Waals surface area contributed by atoms with Crippen LogP contribution < -0.4 is 10.1 Å². The SMILES string of the molecule is C=C(O)Cc1csc(Nc2ccc(OCCCC)cc2)n1. The predicted octanol–water partition coefficient (Wildman–Crippen LogP) is 4.68. The molecule has 2 aromatic rings. The maximum absolute atomic E-state index is 9.16. The van der Waals surface area contributed by atoms with Gasteiger partial charge in [-0.3, -0.25) is 0 Å². The number of aromatic nitrogens is 1. The van der Waals surface area contributed by atoms with Crippen LogP contribution in [0, 0.1) is 0 Å². The van der Waals surface area contributed by atoms with Gasteiger partial charge in [-0.15, -0.1) is 11.3 Å². The first-order chi connectivity index (χ1) is 10.2. The van der Waals surface area contributed by atoms with Gasteiger partial charge in [-0.2, -0.15) is 0 Å². The molecule has 2 N–H and O–H groups in total. The third-order valence-electron chi connectivity index (χ3n) is 2.81. The zero-order valence-corrected chi connectivity index (χ0v) is 12.9. The number of rotatable bonds is 8. The first-order valence-electron chi connectivity index (χ1n) is 6.98. The summed E-state index contributed by atoms with van der Waals surface area (Å²) >= 11 is 1.50. The van der Waals surface area contributed by atoms with Gasteiger partial charge >= 0.3 is 0 Å². The number of hydrogen-bond donors (Lipinski definition) is 2. The van der Waals surface area contributed by atoms with Crippen LogP contribution in [-0.2, 0) is 6.42 Å². The monoisotopic (exact) mass is 304 g/mol. The number of benzene rings is 1. The minimum absolute atomic E-state index is 0.125. The lowest BCUT2D eigenvalue weighted by atomic mass is 10.3. The molecule has 112 valence electrons. The fourth-order valence-corrected chi connectivity index (χ4v) is 2.48. The summed E-state index contributed by atoms with van der Waals surface area (Å²) in [4.78, 5) is 4.38. The van der Waals surface area contributed by atoms with E-state index in [1.165, 1.54) is 11.3 Å². The Kier molecular flexibility index (Phi) is 5.63. The third kappa shape index (κ3) is 5.11. The van der Waals surface area contributed by atoms with Crippen LogP contribution in [0.25, 0.3) is 0 Å². The van der Waals surface area contributed by atoms with Crippen molar-refractivity contribution in [2.45, 2.75) is 26.2 Å². The minimum Gasteiger partial charge on any atom is -0.513 e. The van der Waals surface area contributed by atoms with Gasteiger partial charge in [-0.25, -0.2) is 4.98 Å². The highest BCUT2D eigenvalue weighted by molar-refractivity contribution is 7.13. The highest BCUT2D eigenvalue weighted by atomic mass is 32.1. The molecule has 0 unspecified atom stereocenters. The summed E-state index contributed by atoms with van der Waals surface area (Å²) in [5.41, 5.74) is 1.77. The Labute approximate surface area is 129 Å². The predicted molar refractivity (Wildman–Crippen MR) is 87.7 cm³/mol. The second-order valence-corrected chi connectivity index (χ2v) is 5.60. The van der Waals surface area contributed by atoms with Gasteiger partial charge in [0.1, 0.15) is 5.75 Å². The molecule has 1 aromatic carbocycles. The Balaban J connectivity index is 1.90. The topological polar surface area (TPSA) is 54.4 Å². The lowest BCUT2D eigenvalue weighted by Gasteiger charge is -2.07. The molecule has 1 aromatic heterocycles. The van der Waals surface area contributed by atoms with Gasteiger partial charge < -0.3 is 15.2 Å². The molecule has 0 fully saturated rings. The van der Waals surface area contributed by atoms with Gasteiger partial charge in [0.15, 0.2) is 5.13 Å². The van der Waals surface area contributed by atoms with Crippen LogP contribution in [-0.4, -0.2) is 16.7 Å². The largest absolute Gasteiger partial charge is 0.513 e. The zero-order valence-electron chi connectivity index (χ0n) is 12.1. The van der Waals surface area contributed by atoms with E-state index in [9.17, 15) is 0 Å². The van der Waals surface area contributed by atoms with Crippen molar-refractivity contribution in [1.82, 2.24) is 4.98 Å². The standard InChI is InChI=1S/C16H20N2O2S/c1-3-4-9-20-15-7-5-13(6-8-15)17-16-18-14(11-21-16)10-12(2)19/h5-8,11,19H,2-4,9-10H2,1H3,(H,17,18). The number of aliphatic hydroxyl groups excluding tert-OH is 1. The van der Waals surface area contributed by atoms with Crippen LogP contribution in [0.3, 0.4) is 0 Å². The number of unbranched alkanes of at least 4 members (excludes halogenated alkanes) is 1. The molecule has 0 aliphatic carbocycles. The molecule has 0 aliphatic heterocycles. The van der Waals surface area contributed by atoms with E-state index in [1.54, 1.807) is 0 Å². The Hall–Kier alpha value is -2.01. The number of nitrogens with zero attached hydrogens (tertiary/aromatic N) is 1. The lowest BCUT2D eigenvalue weighted by molar-refractivity contribution is 0.309. The minimum atomic E-state index is 0.125. The maximum atomic E-state index is 9.16. The Bertz CT molecular complexity index is 578. The summed E-state index contributed by atoms with van der Waals surface area (Å²) in [6.45, 7) is 6.37. The number of thiazole rings is 1. The van der Waals surface area contributed by atoms with Crippen molar-refractivity contribution in [3.63, 3.8) is 0 Å². The number of aliphatic hydroxyl groups is 1. The molecule has 0 saturated heterocycles. The van der Waals surface area contributed by atoms with Crippen molar-refractivity contribution in [3.05, 3.63) is 47.7 Å². The van der Waals surface area contributed by atoms with E-state index in [1.807, 2.05) is 29.6 Å². The van der Waals surface area contributed by atoms with Gasteiger partial charge in [-0.05, 0) is 30.7 Å². The summed E-state index contributed by atoms with van der Waals surface area (Å²) in [7, 11) is 0. The molecule has 0 amide bonds. The van der Waals surface area contributed by atoms with Crippen LogP contribution in [0.2, 0.25) is 0 Å². The van der Waals surface area contributed by atoms with Crippen LogP contribution in [0.1, 0.15) is 25.5 Å². The Morgan fingerprint density at radius 2 is 2.14 bits per heavy atom. The van der Waals surface area contributed by atoms with E-state index in [-0.39, 0.29) is 5.76 Å². The molecular formula is C16H20N2O2S. The van der Waals surface area contributed by atoms with Crippen LogP contribution in [0.5, 0.6) is 5.75 Å². The van der Waals surface area contributed by atoms with Crippen molar-refractivity contribution in [1.29, 1.82) is 0 Å². The molecular weight excluding hydrogens is 284 g/mol. The van der Waals surface area contributed by atoms with Gasteiger partial charge in [0.25, 0.3) is 0 Å². The van der Waals surface area contributed by atoms with E-state index >= 15 is 0 Å². The first kappa shape index (κ1) is 15.4. The van der Waals surface area contributed by atoms with Crippen molar-refractivity contribution >= 4 is 22.2 Å². The highest BCUT2D eigenvalue weighted by Gasteiger charge is 2.04. The molecule has 21 heavy (non-hydrogen) atoms. The number of allylic oxidation sites excluding steroid dienone is 1. The number of hydrogen-bond acceptors (Lipinski definition) is 5. The highest BCUT2D eigenvalue weighted by Crippen LogP contribution is 2.23. The summed E-state index contributed by atoms with van der Waals surface area (Å²) in [6, 6.07) is 7.82. The van der Waals surface area contributed by atoms with Crippen molar-refractivity contribution in [2.75, 3.05) is 11.9 Å². The molecule has 1 heterocycles. The molecule has 2 rings (SSSR count). The molecule has 0 bridgehead atoms. The smallest absolute Gasteiger partial charge is 0.187 e. The van der Waals surface area contributed by atoms with Crippen molar-refractivity contribution in [2.24, 2.45) is 0 Å². The lowest BCUT2D eigenvalue weighted by Crippen LogP contribution is -1.96. The number of nitrogens with one attached hydrogen (secondary N) is 1. The normalized spacial score (nSPS) is 10.3. The van der Waals surface area contributed by atoms with Crippen LogP contribution in [0.15, 0.2) is 42.0 Å². The molecule has 0 radical (unpaired) electrons. The van der Waals surface area contributed by atoms with Crippen LogP contribution >= 0.6 is 11.3 Å². The molecule has 0 atom stereocenters. The van der Waals surface area contributed by atoms with Crippen molar-refractivity contribution in [3.8, 4) is 5.75 Å². The van der Waals surface area contributed by atoms with Gasteiger partial charge in [-0.1, -0.05) is 19.9 Å². The molecule has 4 nitrogen and oxygen atoms in total. The Morgan fingerprint density at radius 3 is 2.81 bits per heavy atom. The van der Waals surface area contributed by atoms with Gasteiger partial charge in [0.05, 0.1) is 18.1 Å². The van der Waals surface area contributed by atoms with E-state index in [0.717, 1.165) is 41.7 Å². The second kappa shape index (κ2) is 7.69. The van der Waals surface area contributed by atoms with E-state index < -0.39 is 0 Å². The molecule has 5 heteroatoms. The first-order valence-corrected chi connectivity index (χ1v) is 7.86. The summed E-state index contributed by atoms with van der Waals surface area (Å²) in [5, 5.41) is 15.1. The second-order valence-electron chi connectivity index (χ2n) is 4.74. The number of ether oxygens (including phenoxy) is 1. The van der Waals surface area contributed by atoms with Gasteiger partial charge in [0.2, 0.25) is 0 Å². The summed E-state index contributed by atoms with van der Waals surface area (Å²) in [5.74, 6) is 1.01. The molecule has 0 aliphatic rings. The maximum Gasteiger partial charge on any atom is 0.187 e. The average Bonchev–Trinajstić information content (AvgIpc) is 2.87. The van der Waals surface area contributed by atoms with E-state index in [4.69, 9.17) is 9.84 Å². The van der Waals surface area contributed by atoms with E-state index in [0.29, 0.717) is 6.42 Å². The van der Waals surface area contributed by atoms with E-state index in [2.05, 4.69) is 23.8 Å². The molecule has 0 saturated carbocycles. The van der Waals surface area contributed by atoms with Gasteiger partial charge in [0, 0.05) is 17.5 Å². The fraction of sp³-hybridized carbons (Fsp3) is 0.312. The third-order valence-corrected chi connectivity index (χ3v) is 3.62. The zero-order chi connectivity index (χ0) is 15.1.